The lowest BCUT2D eigenvalue weighted by molar-refractivity contribution is -0.115. The van der Waals surface area contributed by atoms with Gasteiger partial charge in [-0.05, 0) is 43.3 Å². The molecule has 0 fully saturated rings. The Bertz CT molecular complexity index is 1400. The molecule has 0 aliphatic heterocycles. The summed E-state index contributed by atoms with van der Waals surface area (Å²) in [6.45, 7) is 1.71. The molecule has 0 aliphatic rings. The number of carbonyl (C=O) groups excluding carboxylic acids is 2. The van der Waals surface area contributed by atoms with Crippen LogP contribution in [0.25, 0.3) is 0 Å². The molecule has 13 heteroatoms. The largest absolute Gasteiger partial charge is 0.495 e. The number of benzene rings is 3. The van der Waals surface area contributed by atoms with Crippen molar-refractivity contribution in [3.63, 3.8) is 0 Å². The first kappa shape index (κ1) is 29.2. The first-order valence-electron chi connectivity index (χ1n) is 10.3. The summed E-state index contributed by atoms with van der Waals surface area (Å²) >= 11 is 31.4. The van der Waals surface area contributed by atoms with E-state index < -0.39 is 33.3 Å². The number of methoxy groups -OCH3 is 1. The number of nitrogens with one attached hydrogen (secondary N) is 2. The van der Waals surface area contributed by atoms with E-state index in [2.05, 4.69) is 10.6 Å². The van der Waals surface area contributed by atoms with Crippen LogP contribution in [-0.4, -0.2) is 35.2 Å². The number of hydrogen-bond donors (Lipinski definition) is 3. The van der Waals surface area contributed by atoms with Crippen LogP contribution in [0.4, 0.5) is 11.4 Å². The second-order valence-corrected chi connectivity index (χ2v) is 10.7. The number of thioether (sulfide) groups is 1. The van der Waals surface area contributed by atoms with Gasteiger partial charge in [-0.1, -0.05) is 64.1 Å². The molecule has 0 spiro atoms. The number of ether oxygens (including phenoxy) is 1. The van der Waals surface area contributed by atoms with Crippen molar-refractivity contribution < 1.29 is 24.2 Å². The summed E-state index contributed by atoms with van der Waals surface area (Å²) < 4.78 is 5.25. The van der Waals surface area contributed by atoms with Crippen LogP contribution in [0.2, 0.25) is 25.1 Å². The van der Waals surface area contributed by atoms with E-state index in [1.807, 2.05) is 0 Å². The molecular formula is C24H17Cl5N2O5S. The third kappa shape index (κ3) is 6.76. The van der Waals surface area contributed by atoms with E-state index in [0.717, 1.165) is 0 Å². The maximum atomic E-state index is 13.0. The monoisotopic (exact) mass is 620 g/mol. The highest BCUT2D eigenvalue weighted by Gasteiger charge is 2.29. The topological polar surface area (TPSA) is 105 Å². The molecule has 0 radical (unpaired) electrons. The van der Waals surface area contributed by atoms with Crippen LogP contribution in [0.15, 0.2) is 47.4 Å². The smallest absolute Gasteiger partial charge is 0.338 e. The fourth-order valence-electron chi connectivity index (χ4n) is 3.16. The van der Waals surface area contributed by atoms with Gasteiger partial charge in [-0.15, -0.1) is 11.8 Å². The second kappa shape index (κ2) is 12.5. The van der Waals surface area contributed by atoms with Crippen LogP contribution in [0.3, 0.4) is 0 Å². The van der Waals surface area contributed by atoms with Gasteiger partial charge in [0.1, 0.15) is 5.75 Å². The van der Waals surface area contributed by atoms with Gasteiger partial charge >= 0.3 is 5.97 Å². The van der Waals surface area contributed by atoms with Crippen molar-refractivity contribution >= 4 is 98.9 Å². The third-order valence-electron chi connectivity index (χ3n) is 4.90. The Morgan fingerprint density at radius 3 is 2.16 bits per heavy atom. The van der Waals surface area contributed by atoms with Gasteiger partial charge in [-0.25, -0.2) is 4.79 Å². The number of halogens is 5. The van der Waals surface area contributed by atoms with Crippen molar-refractivity contribution in [1.82, 2.24) is 0 Å². The van der Waals surface area contributed by atoms with Gasteiger partial charge in [0.05, 0.1) is 49.3 Å². The zero-order valence-electron chi connectivity index (χ0n) is 19.0. The molecule has 0 aromatic heterocycles. The minimum atomic E-state index is -1.50. The Labute approximate surface area is 241 Å². The van der Waals surface area contributed by atoms with E-state index in [4.69, 9.17) is 62.7 Å². The van der Waals surface area contributed by atoms with Crippen LogP contribution < -0.4 is 15.4 Å². The molecule has 0 saturated carbocycles. The minimum Gasteiger partial charge on any atom is -0.495 e. The minimum absolute atomic E-state index is 0.246. The van der Waals surface area contributed by atoms with Gasteiger partial charge in [-0.3, -0.25) is 9.59 Å². The molecule has 3 N–H and O–H groups in total. The predicted octanol–water partition coefficient (Wildman–Crippen LogP) is 8.03. The SMILES string of the molecule is COc1ccc(Cl)cc1NC(=O)C(C)Sc1cccc(NC(=O)c2c(Cl)c(Cl)c(Cl)c(Cl)c2C(=O)O)c1. The van der Waals surface area contributed by atoms with Crippen molar-refractivity contribution in [3.05, 3.63) is 78.7 Å². The predicted molar refractivity (Wildman–Crippen MR) is 150 cm³/mol. The summed E-state index contributed by atoms with van der Waals surface area (Å²) in [6.07, 6.45) is 0. The molecule has 0 heterocycles. The highest BCUT2D eigenvalue weighted by molar-refractivity contribution is 8.00. The quantitative estimate of drug-likeness (QED) is 0.133. The number of hydrogen-bond acceptors (Lipinski definition) is 5. The highest BCUT2D eigenvalue weighted by Crippen LogP contribution is 2.42. The molecule has 0 bridgehead atoms. The van der Waals surface area contributed by atoms with Gasteiger partial charge in [0, 0.05) is 15.6 Å². The number of amides is 2. The number of rotatable bonds is 8. The van der Waals surface area contributed by atoms with Crippen molar-refractivity contribution in [2.24, 2.45) is 0 Å². The molecule has 194 valence electrons. The number of aromatic carboxylic acids is 1. The molecule has 1 atom stereocenters. The summed E-state index contributed by atoms with van der Waals surface area (Å²) in [7, 11) is 1.48. The molecule has 0 saturated heterocycles. The van der Waals surface area contributed by atoms with E-state index in [1.165, 1.54) is 18.9 Å². The van der Waals surface area contributed by atoms with Crippen LogP contribution in [0, 0.1) is 0 Å². The van der Waals surface area contributed by atoms with E-state index in [9.17, 15) is 19.5 Å². The average Bonchev–Trinajstić information content (AvgIpc) is 2.84. The number of anilines is 2. The summed E-state index contributed by atoms with van der Waals surface area (Å²) in [5, 5.41) is 13.5. The van der Waals surface area contributed by atoms with Gasteiger partial charge in [0.15, 0.2) is 0 Å². The first-order chi connectivity index (χ1) is 17.4. The zero-order valence-corrected chi connectivity index (χ0v) is 23.6. The van der Waals surface area contributed by atoms with E-state index >= 15 is 0 Å². The molecular weight excluding hydrogens is 606 g/mol. The van der Waals surface area contributed by atoms with Crippen LogP contribution in [0.5, 0.6) is 5.75 Å². The molecule has 3 aromatic rings. The first-order valence-corrected chi connectivity index (χ1v) is 13.0. The van der Waals surface area contributed by atoms with Crippen LogP contribution >= 0.6 is 69.8 Å². The van der Waals surface area contributed by atoms with E-state index in [1.54, 1.807) is 49.4 Å². The second-order valence-electron chi connectivity index (χ2n) is 7.39. The maximum absolute atomic E-state index is 13.0. The highest BCUT2D eigenvalue weighted by atomic mass is 35.5. The lowest BCUT2D eigenvalue weighted by atomic mass is 10.1. The van der Waals surface area contributed by atoms with Gasteiger partial charge in [0.2, 0.25) is 5.91 Å². The van der Waals surface area contributed by atoms with Crippen molar-refractivity contribution in [2.45, 2.75) is 17.1 Å². The normalized spacial score (nSPS) is 11.5. The Morgan fingerprint density at radius 1 is 0.892 bits per heavy atom. The fourth-order valence-corrected chi connectivity index (χ4v) is 5.27. The Balaban J connectivity index is 1.79. The molecule has 3 aromatic carbocycles. The Kier molecular flexibility index (Phi) is 9.86. The number of carboxylic acids is 1. The summed E-state index contributed by atoms with van der Waals surface area (Å²) in [5.41, 5.74) is -0.269. The fraction of sp³-hybridized carbons (Fsp3) is 0.125. The third-order valence-corrected chi connectivity index (χ3v) is 8.03. The lowest BCUT2D eigenvalue weighted by Crippen LogP contribution is -2.22. The Hall–Kier alpha value is -2.33. The summed E-state index contributed by atoms with van der Waals surface area (Å²) in [5.74, 6) is -2.20. The zero-order chi connectivity index (χ0) is 27.4. The van der Waals surface area contributed by atoms with Gasteiger partial charge < -0.3 is 20.5 Å². The molecule has 1 unspecified atom stereocenters. The van der Waals surface area contributed by atoms with Crippen LogP contribution in [0.1, 0.15) is 27.6 Å². The van der Waals surface area contributed by atoms with Gasteiger partial charge in [-0.2, -0.15) is 0 Å². The number of carbonyl (C=O) groups is 3. The summed E-state index contributed by atoms with van der Waals surface area (Å²) in [4.78, 5) is 38.2. The van der Waals surface area contributed by atoms with Crippen LogP contribution in [-0.2, 0) is 4.79 Å². The van der Waals surface area contributed by atoms with E-state index in [-0.39, 0.29) is 21.0 Å². The Morgan fingerprint density at radius 2 is 1.54 bits per heavy atom. The summed E-state index contributed by atoms with van der Waals surface area (Å²) in [6, 6.07) is 11.5. The molecule has 37 heavy (non-hydrogen) atoms. The maximum Gasteiger partial charge on any atom is 0.338 e. The molecule has 7 nitrogen and oxygen atoms in total. The average molecular weight is 623 g/mol. The standard InChI is InChI=1S/C24H17Cl5N2O5S/c1-10(22(32)31-14-8-11(25)6-7-15(14)36-2)37-13-5-3-4-12(9-13)30-23(33)16-17(24(34)35)19(27)21(29)20(28)18(16)26/h3-10H,1-2H3,(H,30,33)(H,31,32)(H,34,35). The molecule has 3 rings (SSSR count). The van der Waals surface area contributed by atoms with Crippen molar-refractivity contribution in [1.29, 1.82) is 0 Å². The van der Waals surface area contributed by atoms with Crippen molar-refractivity contribution in [3.8, 4) is 5.75 Å². The molecule has 2 amide bonds. The number of carboxylic acid groups (broad SMARTS) is 1. The van der Waals surface area contributed by atoms with Gasteiger partial charge in [0.25, 0.3) is 5.91 Å². The molecule has 0 aliphatic carbocycles. The van der Waals surface area contributed by atoms with E-state index in [0.29, 0.717) is 27.0 Å². The van der Waals surface area contributed by atoms with Crippen molar-refractivity contribution in [2.75, 3.05) is 17.7 Å². The lowest BCUT2D eigenvalue weighted by Gasteiger charge is -2.16.